The van der Waals surface area contributed by atoms with Gasteiger partial charge in [-0.25, -0.2) is 0 Å². The van der Waals surface area contributed by atoms with Crippen molar-refractivity contribution in [2.75, 3.05) is 31.7 Å². The fourth-order valence-corrected chi connectivity index (χ4v) is 2.00. The Labute approximate surface area is 128 Å². The molecular formula is C14H22INO3. The molecule has 1 atom stereocenters. The maximum Gasteiger partial charge on any atom is 0.0945 e. The predicted octanol–water partition coefficient (Wildman–Crippen LogP) is 2.51. The topological polar surface area (TPSA) is 50.7 Å². The SMILES string of the molecule is CC(C)OCCOCC(O)CNc1cccc(I)c1. The van der Waals surface area contributed by atoms with E-state index >= 15 is 0 Å². The van der Waals surface area contributed by atoms with Gasteiger partial charge in [-0.1, -0.05) is 6.07 Å². The Bertz CT molecular complexity index is 360. The van der Waals surface area contributed by atoms with Crippen LogP contribution in [0.3, 0.4) is 0 Å². The quantitative estimate of drug-likeness (QED) is 0.512. The molecule has 0 aliphatic heterocycles. The van der Waals surface area contributed by atoms with Crippen LogP contribution in [0, 0.1) is 3.57 Å². The minimum atomic E-state index is -0.517. The highest BCUT2D eigenvalue weighted by Crippen LogP contribution is 2.12. The van der Waals surface area contributed by atoms with Crippen molar-refractivity contribution in [1.82, 2.24) is 0 Å². The molecule has 0 spiro atoms. The van der Waals surface area contributed by atoms with Crippen molar-refractivity contribution < 1.29 is 14.6 Å². The van der Waals surface area contributed by atoms with E-state index in [1.54, 1.807) is 0 Å². The van der Waals surface area contributed by atoms with Crippen LogP contribution in [0.5, 0.6) is 0 Å². The number of hydrogen-bond acceptors (Lipinski definition) is 4. The van der Waals surface area contributed by atoms with E-state index in [0.717, 1.165) is 5.69 Å². The summed E-state index contributed by atoms with van der Waals surface area (Å²) in [5, 5.41) is 12.9. The third kappa shape index (κ3) is 8.41. The summed E-state index contributed by atoms with van der Waals surface area (Å²) < 4.78 is 11.9. The third-order valence-electron chi connectivity index (χ3n) is 2.36. The number of hydrogen-bond donors (Lipinski definition) is 2. The Hall–Kier alpha value is -0.370. The maximum absolute atomic E-state index is 9.76. The molecule has 1 rings (SSSR count). The van der Waals surface area contributed by atoms with Gasteiger partial charge < -0.3 is 19.9 Å². The lowest BCUT2D eigenvalue weighted by atomic mass is 10.3. The molecular weight excluding hydrogens is 357 g/mol. The summed E-state index contributed by atoms with van der Waals surface area (Å²) in [5.74, 6) is 0. The zero-order valence-corrected chi connectivity index (χ0v) is 13.6. The molecule has 0 amide bonds. The van der Waals surface area contributed by atoms with Crippen molar-refractivity contribution in [1.29, 1.82) is 0 Å². The van der Waals surface area contributed by atoms with E-state index in [1.165, 1.54) is 3.57 Å². The van der Waals surface area contributed by atoms with Gasteiger partial charge in [-0.15, -0.1) is 0 Å². The van der Waals surface area contributed by atoms with Crippen molar-refractivity contribution in [2.24, 2.45) is 0 Å². The highest BCUT2D eigenvalue weighted by molar-refractivity contribution is 14.1. The number of aliphatic hydroxyl groups is 1. The van der Waals surface area contributed by atoms with E-state index in [2.05, 4.69) is 27.9 Å². The van der Waals surface area contributed by atoms with E-state index in [1.807, 2.05) is 38.1 Å². The summed E-state index contributed by atoms with van der Waals surface area (Å²) >= 11 is 2.26. The third-order valence-corrected chi connectivity index (χ3v) is 3.03. The van der Waals surface area contributed by atoms with Crippen LogP contribution in [-0.4, -0.2) is 43.7 Å². The zero-order valence-electron chi connectivity index (χ0n) is 11.4. The molecule has 0 aromatic heterocycles. The van der Waals surface area contributed by atoms with Gasteiger partial charge in [0.05, 0.1) is 32.0 Å². The summed E-state index contributed by atoms with van der Waals surface area (Å²) in [5.41, 5.74) is 1.01. The first kappa shape index (κ1) is 16.7. The number of rotatable bonds is 9. The van der Waals surface area contributed by atoms with Crippen LogP contribution >= 0.6 is 22.6 Å². The molecule has 5 heteroatoms. The Morgan fingerprint density at radius 2 is 2.11 bits per heavy atom. The van der Waals surface area contributed by atoms with Crippen LogP contribution in [0.2, 0.25) is 0 Å². The van der Waals surface area contributed by atoms with Gasteiger partial charge in [-0.2, -0.15) is 0 Å². The lowest BCUT2D eigenvalue weighted by molar-refractivity contribution is -0.00734. The molecule has 0 fully saturated rings. The fourth-order valence-electron chi connectivity index (χ4n) is 1.46. The van der Waals surface area contributed by atoms with Gasteiger partial charge in [0.2, 0.25) is 0 Å². The lowest BCUT2D eigenvalue weighted by Gasteiger charge is -2.14. The number of ether oxygens (including phenoxy) is 2. The van der Waals surface area contributed by atoms with Crippen molar-refractivity contribution in [3.8, 4) is 0 Å². The van der Waals surface area contributed by atoms with Crippen molar-refractivity contribution >= 4 is 28.3 Å². The first-order chi connectivity index (χ1) is 9.08. The van der Waals surface area contributed by atoms with Gasteiger partial charge in [-0.3, -0.25) is 0 Å². The number of nitrogens with one attached hydrogen (secondary N) is 1. The van der Waals surface area contributed by atoms with E-state index in [9.17, 15) is 5.11 Å². The van der Waals surface area contributed by atoms with Crippen LogP contribution in [0.1, 0.15) is 13.8 Å². The molecule has 0 radical (unpaired) electrons. The zero-order chi connectivity index (χ0) is 14.1. The van der Waals surface area contributed by atoms with Crippen LogP contribution in [-0.2, 0) is 9.47 Å². The molecule has 108 valence electrons. The second kappa shape index (κ2) is 9.52. The lowest BCUT2D eigenvalue weighted by Crippen LogP contribution is -2.25. The summed E-state index contributed by atoms with van der Waals surface area (Å²) in [4.78, 5) is 0. The molecule has 19 heavy (non-hydrogen) atoms. The molecule has 1 aromatic carbocycles. The molecule has 1 unspecified atom stereocenters. The normalized spacial score (nSPS) is 12.7. The summed E-state index contributed by atoms with van der Waals surface area (Å²) in [6, 6.07) is 8.02. The minimum absolute atomic E-state index is 0.218. The van der Waals surface area contributed by atoms with Crippen LogP contribution < -0.4 is 5.32 Å². The van der Waals surface area contributed by atoms with E-state index in [0.29, 0.717) is 26.4 Å². The van der Waals surface area contributed by atoms with Gasteiger partial charge in [0.15, 0.2) is 0 Å². The first-order valence-electron chi connectivity index (χ1n) is 6.45. The van der Waals surface area contributed by atoms with Gasteiger partial charge in [0.25, 0.3) is 0 Å². The van der Waals surface area contributed by atoms with E-state index in [4.69, 9.17) is 9.47 Å². The molecule has 4 nitrogen and oxygen atoms in total. The largest absolute Gasteiger partial charge is 0.389 e. The standard InChI is InChI=1S/C14H22INO3/c1-11(2)19-7-6-18-10-14(17)9-16-13-5-3-4-12(15)8-13/h3-5,8,11,14,16-17H,6-7,9-10H2,1-2H3. The Morgan fingerprint density at radius 1 is 1.32 bits per heavy atom. The predicted molar refractivity (Wildman–Crippen MR) is 85.6 cm³/mol. The monoisotopic (exact) mass is 379 g/mol. The second-order valence-corrected chi connectivity index (χ2v) is 5.79. The maximum atomic E-state index is 9.76. The smallest absolute Gasteiger partial charge is 0.0945 e. The first-order valence-corrected chi connectivity index (χ1v) is 7.52. The highest BCUT2D eigenvalue weighted by atomic mass is 127. The van der Waals surface area contributed by atoms with E-state index < -0.39 is 6.10 Å². The van der Waals surface area contributed by atoms with Crippen molar-refractivity contribution in [3.05, 3.63) is 27.8 Å². The molecule has 0 heterocycles. The fraction of sp³-hybridized carbons (Fsp3) is 0.571. The van der Waals surface area contributed by atoms with Crippen LogP contribution in [0.15, 0.2) is 24.3 Å². The summed E-state index contributed by atoms with van der Waals surface area (Å²) in [6.45, 7) is 5.84. The highest BCUT2D eigenvalue weighted by Gasteiger charge is 2.04. The van der Waals surface area contributed by atoms with Gasteiger partial charge in [-0.05, 0) is 54.6 Å². The summed E-state index contributed by atoms with van der Waals surface area (Å²) in [7, 11) is 0. The molecule has 0 bridgehead atoms. The number of halogens is 1. The number of aliphatic hydroxyl groups excluding tert-OH is 1. The van der Waals surface area contributed by atoms with E-state index in [-0.39, 0.29) is 6.10 Å². The molecule has 0 aliphatic rings. The van der Waals surface area contributed by atoms with Gasteiger partial charge >= 0.3 is 0 Å². The minimum Gasteiger partial charge on any atom is -0.389 e. The average molecular weight is 379 g/mol. The Balaban J connectivity index is 2.09. The number of anilines is 1. The number of benzene rings is 1. The molecule has 1 aromatic rings. The molecule has 0 saturated carbocycles. The summed E-state index contributed by atoms with van der Waals surface area (Å²) in [6.07, 6.45) is -0.298. The van der Waals surface area contributed by atoms with Crippen LogP contribution in [0.4, 0.5) is 5.69 Å². The average Bonchev–Trinajstić information content (AvgIpc) is 2.35. The molecule has 2 N–H and O–H groups in total. The van der Waals surface area contributed by atoms with Gasteiger partial charge in [0.1, 0.15) is 0 Å². The van der Waals surface area contributed by atoms with Crippen LogP contribution in [0.25, 0.3) is 0 Å². The van der Waals surface area contributed by atoms with Crippen molar-refractivity contribution in [3.63, 3.8) is 0 Å². The second-order valence-electron chi connectivity index (χ2n) is 4.54. The van der Waals surface area contributed by atoms with Gasteiger partial charge in [0, 0.05) is 15.8 Å². The Kier molecular flexibility index (Phi) is 8.36. The van der Waals surface area contributed by atoms with Crippen molar-refractivity contribution in [2.45, 2.75) is 26.1 Å². The molecule has 0 saturated heterocycles. The Morgan fingerprint density at radius 3 is 2.79 bits per heavy atom. The molecule has 0 aliphatic carbocycles.